The normalized spacial score (nSPS) is 19.7. The molecule has 5 nitrogen and oxygen atoms in total. The minimum atomic E-state index is -3.55. The van der Waals surface area contributed by atoms with E-state index in [9.17, 15) is 8.42 Å². The molecule has 7 heteroatoms. The zero-order valence-corrected chi connectivity index (χ0v) is 16.3. The van der Waals surface area contributed by atoms with Crippen molar-refractivity contribution in [3.05, 3.63) is 53.0 Å². The predicted molar refractivity (Wildman–Crippen MR) is 96.4 cm³/mol. The van der Waals surface area contributed by atoms with Crippen molar-refractivity contribution < 1.29 is 22.6 Å². The minimum absolute atomic E-state index is 0.158. The molecule has 0 bridgehead atoms. The highest BCUT2D eigenvalue weighted by Crippen LogP contribution is 2.31. The van der Waals surface area contributed by atoms with Crippen LogP contribution < -0.4 is 4.74 Å². The summed E-state index contributed by atoms with van der Waals surface area (Å²) >= 11 is 3.38. The van der Waals surface area contributed by atoms with Crippen LogP contribution in [0.5, 0.6) is 5.75 Å². The fourth-order valence-electron chi connectivity index (χ4n) is 2.53. The number of ether oxygens (including phenoxy) is 3. The Morgan fingerprint density at radius 3 is 2.48 bits per heavy atom. The van der Waals surface area contributed by atoms with Gasteiger partial charge in [-0.15, -0.1) is 0 Å². The summed E-state index contributed by atoms with van der Waals surface area (Å²) in [6.07, 6.45) is -0.158. The molecule has 25 heavy (non-hydrogen) atoms. The van der Waals surface area contributed by atoms with E-state index in [0.29, 0.717) is 23.4 Å². The molecule has 134 valence electrons. The van der Waals surface area contributed by atoms with Crippen LogP contribution in [0.25, 0.3) is 0 Å². The molecule has 0 amide bonds. The van der Waals surface area contributed by atoms with E-state index in [-0.39, 0.29) is 15.9 Å². The lowest BCUT2D eigenvalue weighted by Crippen LogP contribution is -2.25. The molecule has 1 atom stereocenters. The van der Waals surface area contributed by atoms with E-state index in [1.807, 2.05) is 13.8 Å². The number of rotatable bonds is 5. The van der Waals surface area contributed by atoms with Crippen molar-refractivity contribution in [2.45, 2.75) is 35.5 Å². The van der Waals surface area contributed by atoms with Crippen molar-refractivity contribution in [1.82, 2.24) is 0 Å². The predicted octanol–water partition coefficient (Wildman–Crippen LogP) is 3.81. The topological polar surface area (TPSA) is 61.8 Å². The quantitative estimate of drug-likeness (QED) is 0.726. The first-order valence-electron chi connectivity index (χ1n) is 7.82. The van der Waals surface area contributed by atoms with Gasteiger partial charge in [-0.25, -0.2) is 8.42 Å². The molecule has 0 aliphatic carbocycles. The van der Waals surface area contributed by atoms with Crippen molar-refractivity contribution in [3.63, 3.8) is 0 Å². The smallest absolute Gasteiger partial charge is 0.206 e. The van der Waals surface area contributed by atoms with E-state index in [0.717, 1.165) is 0 Å². The third-order valence-electron chi connectivity index (χ3n) is 3.76. The Labute approximate surface area is 156 Å². The van der Waals surface area contributed by atoms with E-state index >= 15 is 0 Å². The minimum Gasteiger partial charge on any atom is -0.490 e. The molecule has 1 aliphatic rings. The Bertz CT molecular complexity index is 849. The molecule has 0 N–H and O–H groups in total. The third-order valence-corrected chi connectivity index (χ3v) is 6.15. The first-order valence-corrected chi connectivity index (χ1v) is 10.1. The van der Waals surface area contributed by atoms with E-state index < -0.39 is 15.6 Å². The third kappa shape index (κ3) is 4.23. The molecule has 3 rings (SSSR count). The molecule has 1 heterocycles. The number of halogens is 1. The van der Waals surface area contributed by atoms with Crippen molar-refractivity contribution >= 4 is 25.8 Å². The summed E-state index contributed by atoms with van der Waals surface area (Å²) in [5, 5.41) is 0. The average Bonchev–Trinajstić information content (AvgIpc) is 2.93. The average molecular weight is 427 g/mol. The number of sulfone groups is 1. The van der Waals surface area contributed by atoms with Gasteiger partial charge in [0.15, 0.2) is 5.79 Å². The summed E-state index contributed by atoms with van der Waals surface area (Å²) < 4.78 is 42.8. The molecular weight excluding hydrogens is 408 g/mol. The van der Waals surface area contributed by atoms with Gasteiger partial charge in [0, 0.05) is 0 Å². The monoisotopic (exact) mass is 426 g/mol. The van der Waals surface area contributed by atoms with Gasteiger partial charge >= 0.3 is 0 Å². The maximum absolute atomic E-state index is 12.6. The molecule has 0 saturated carbocycles. The van der Waals surface area contributed by atoms with Gasteiger partial charge in [0.1, 0.15) is 18.5 Å². The van der Waals surface area contributed by atoms with Gasteiger partial charge in [-0.05, 0) is 60.1 Å². The van der Waals surface area contributed by atoms with Crippen LogP contribution in [0.15, 0.2) is 62.8 Å². The lowest BCUT2D eigenvalue weighted by Gasteiger charge is -2.17. The maximum Gasteiger partial charge on any atom is 0.206 e. The summed E-state index contributed by atoms with van der Waals surface area (Å²) in [6, 6.07) is 13.1. The van der Waals surface area contributed by atoms with Crippen LogP contribution in [-0.2, 0) is 19.3 Å². The Hall–Kier alpha value is -1.41. The van der Waals surface area contributed by atoms with E-state index in [4.69, 9.17) is 14.2 Å². The van der Waals surface area contributed by atoms with Gasteiger partial charge < -0.3 is 14.2 Å². The van der Waals surface area contributed by atoms with Crippen molar-refractivity contribution in [1.29, 1.82) is 0 Å². The molecule has 0 radical (unpaired) electrons. The molecular formula is C18H19BrO5S. The Morgan fingerprint density at radius 2 is 1.88 bits per heavy atom. The molecule has 1 fully saturated rings. The van der Waals surface area contributed by atoms with E-state index in [2.05, 4.69) is 15.9 Å². The lowest BCUT2D eigenvalue weighted by molar-refractivity contribution is -0.141. The summed E-state index contributed by atoms with van der Waals surface area (Å²) in [6.45, 7) is 4.50. The molecule has 0 spiro atoms. The zero-order chi connectivity index (χ0) is 18.1. The molecule has 0 aromatic heterocycles. The van der Waals surface area contributed by atoms with Gasteiger partial charge in [-0.3, -0.25) is 0 Å². The fraction of sp³-hybridized carbons (Fsp3) is 0.333. The number of hydrogen-bond donors (Lipinski definition) is 0. The van der Waals surface area contributed by atoms with Gasteiger partial charge in [0.25, 0.3) is 0 Å². The number of hydrogen-bond acceptors (Lipinski definition) is 5. The Morgan fingerprint density at radius 1 is 1.16 bits per heavy atom. The van der Waals surface area contributed by atoms with Crippen LogP contribution >= 0.6 is 15.9 Å². The summed E-state index contributed by atoms with van der Waals surface area (Å²) in [5.41, 5.74) is 0. The highest BCUT2D eigenvalue weighted by Gasteiger charge is 2.33. The highest BCUT2D eigenvalue weighted by atomic mass is 79.9. The van der Waals surface area contributed by atoms with Crippen LogP contribution in [0.4, 0.5) is 0 Å². The lowest BCUT2D eigenvalue weighted by atomic mass is 10.3. The van der Waals surface area contributed by atoms with Gasteiger partial charge in [-0.2, -0.15) is 0 Å². The second kappa shape index (κ2) is 7.07. The van der Waals surface area contributed by atoms with Crippen LogP contribution in [0.3, 0.4) is 0 Å². The van der Waals surface area contributed by atoms with Crippen LogP contribution in [0.1, 0.15) is 13.8 Å². The van der Waals surface area contributed by atoms with Crippen LogP contribution in [-0.4, -0.2) is 33.5 Å². The van der Waals surface area contributed by atoms with Gasteiger partial charge in [0.05, 0.1) is 20.9 Å². The summed E-state index contributed by atoms with van der Waals surface area (Å²) in [5.74, 6) is -0.0425. The SMILES string of the molecule is CC1(C)OCC(COc2ccc(S(=O)(=O)c3ccccc3)cc2Br)O1. The maximum atomic E-state index is 12.6. The second-order valence-electron chi connectivity index (χ2n) is 6.17. The molecule has 2 aromatic carbocycles. The first kappa shape index (κ1) is 18.4. The van der Waals surface area contributed by atoms with Gasteiger partial charge in [-0.1, -0.05) is 18.2 Å². The van der Waals surface area contributed by atoms with Crippen LogP contribution in [0.2, 0.25) is 0 Å². The molecule has 1 saturated heterocycles. The highest BCUT2D eigenvalue weighted by molar-refractivity contribution is 9.10. The van der Waals surface area contributed by atoms with E-state index in [1.165, 1.54) is 0 Å². The summed E-state index contributed by atoms with van der Waals surface area (Å²) in [7, 11) is -3.55. The second-order valence-corrected chi connectivity index (χ2v) is 8.97. The number of benzene rings is 2. The van der Waals surface area contributed by atoms with Crippen LogP contribution in [0, 0.1) is 0 Å². The standard InChI is InChI=1S/C18H19BrO5S/c1-18(2)23-12-13(24-18)11-22-17-9-8-15(10-16(17)19)25(20,21)14-6-4-3-5-7-14/h3-10,13H,11-12H2,1-2H3. The molecule has 2 aromatic rings. The Kier molecular flexibility index (Phi) is 5.20. The van der Waals surface area contributed by atoms with E-state index in [1.54, 1.807) is 48.5 Å². The Balaban J connectivity index is 1.73. The van der Waals surface area contributed by atoms with Crippen molar-refractivity contribution in [2.75, 3.05) is 13.2 Å². The molecule has 1 aliphatic heterocycles. The van der Waals surface area contributed by atoms with Crippen molar-refractivity contribution in [3.8, 4) is 5.75 Å². The molecule has 1 unspecified atom stereocenters. The first-order chi connectivity index (χ1) is 11.8. The van der Waals surface area contributed by atoms with Crippen molar-refractivity contribution in [2.24, 2.45) is 0 Å². The largest absolute Gasteiger partial charge is 0.490 e. The summed E-state index contributed by atoms with van der Waals surface area (Å²) in [4.78, 5) is 0.466. The zero-order valence-electron chi connectivity index (χ0n) is 13.9. The fourth-order valence-corrected chi connectivity index (χ4v) is 4.48. The van der Waals surface area contributed by atoms with Gasteiger partial charge in [0.2, 0.25) is 9.84 Å².